The maximum absolute atomic E-state index is 13.0. The average Bonchev–Trinajstić information content (AvgIpc) is 2.57. The summed E-state index contributed by atoms with van der Waals surface area (Å²) in [5, 5.41) is 0.473. The molecule has 100 valence electrons. The molecule has 0 bridgehead atoms. The number of rotatable bonds is 3. The molecule has 6 heteroatoms. The second kappa shape index (κ2) is 5.13. The highest BCUT2D eigenvalue weighted by molar-refractivity contribution is 7.85. The van der Waals surface area contributed by atoms with Crippen molar-refractivity contribution in [2.75, 3.05) is 11.5 Å². The fraction of sp³-hybridized carbons (Fsp3) is 0.500. The highest BCUT2D eigenvalue weighted by Gasteiger charge is 2.39. The molecular formula is C12H14ClF2NOS. The Morgan fingerprint density at radius 3 is 2.78 bits per heavy atom. The topological polar surface area (TPSA) is 43.1 Å². The molecule has 1 fully saturated rings. The highest BCUT2D eigenvalue weighted by atomic mass is 35.5. The van der Waals surface area contributed by atoms with Crippen LogP contribution >= 0.6 is 11.6 Å². The van der Waals surface area contributed by atoms with E-state index in [-0.39, 0.29) is 24.5 Å². The number of halogens is 3. The Kier molecular flexibility index (Phi) is 3.92. The Bertz CT molecular complexity index is 481. The minimum absolute atomic E-state index is 0.106. The summed E-state index contributed by atoms with van der Waals surface area (Å²) in [7, 11) is -1.34. The number of hydrogen-bond acceptors (Lipinski definition) is 2. The fourth-order valence-corrected chi connectivity index (χ4v) is 3.83. The molecule has 0 radical (unpaired) electrons. The standard InChI is InChI=1S/C12H14ClF2NOS/c13-9-1-2-11(10(16)5-9)18(17)7-8-3-4-12(14,15)6-8/h1-2,5,8H,3-4,6-7,16H2. The van der Waals surface area contributed by atoms with Crippen molar-refractivity contribution in [2.45, 2.75) is 30.1 Å². The van der Waals surface area contributed by atoms with Gasteiger partial charge in [-0.25, -0.2) is 8.78 Å². The molecule has 1 aromatic carbocycles. The van der Waals surface area contributed by atoms with Gasteiger partial charge >= 0.3 is 0 Å². The number of nitrogens with two attached hydrogens (primary N) is 1. The van der Waals surface area contributed by atoms with E-state index >= 15 is 0 Å². The van der Waals surface area contributed by atoms with Crippen molar-refractivity contribution in [3.05, 3.63) is 23.2 Å². The molecule has 2 rings (SSSR count). The van der Waals surface area contributed by atoms with Crippen molar-refractivity contribution in [1.29, 1.82) is 0 Å². The van der Waals surface area contributed by atoms with Gasteiger partial charge in [-0.2, -0.15) is 0 Å². The van der Waals surface area contributed by atoms with E-state index in [2.05, 4.69) is 0 Å². The Morgan fingerprint density at radius 2 is 2.22 bits per heavy atom. The van der Waals surface area contributed by atoms with Crippen LogP contribution in [0.3, 0.4) is 0 Å². The third-order valence-corrected chi connectivity index (χ3v) is 4.98. The molecule has 18 heavy (non-hydrogen) atoms. The lowest BCUT2D eigenvalue weighted by Gasteiger charge is -2.11. The maximum Gasteiger partial charge on any atom is 0.248 e. The highest BCUT2D eigenvalue weighted by Crippen LogP contribution is 2.39. The van der Waals surface area contributed by atoms with Gasteiger partial charge in [0.15, 0.2) is 0 Å². The first-order valence-electron chi connectivity index (χ1n) is 5.68. The lowest BCUT2D eigenvalue weighted by atomic mass is 10.1. The molecule has 2 nitrogen and oxygen atoms in total. The summed E-state index contributed by atoms with van der Waals surface area (Å²) < 4.78 is 38.2. The minimum Gasteiger partial charge on any atom is -0.398 e. The molecule has 0 aliphatic heterocycles. The quantitative estimate of drug-likeness (QED) is 0.867. The van der Waals surface area contributed by atoms with Crippen LogP contribution in [0, 0.1) is 5.92 Å². The number of alkyl halides is 2. The summed E-state index contributed by atoms with van der Waals surface area (Å²) in [6.45, 7) is 0. The first-order chi connectivity index (χ1) is 8.37. The molecule has 1 aliphatic rings. The van der Waals surface area contributed by atoms with Crippen LogP contribution in [0.1, 0.15) is 19.3 Å². The molecule has 1 saturated carbocycles. The molecule has 1 aromatic rings. The van der Waals surface area contributed by atoms with Crippen molar-refractivity contribution < 1.29 is 13.0 Å². The van der Waals surface area contributed by atoms with Gasteiger partial charge < -0.3 is 5.73 Å². The second-order valence-electron chi connectivity index (χ2n) is 4.66. The lowest BCUT2D eigenvalue weighted by molar-refractivity contribution is 0.00594. The molecule has 0 aromatic heterocycles. The summed E-state index contributed by atoms with van der Waals surface area (Å²) in [6.07, 6.45) is 0.142. The first-order valence-corrected chi connectivity index (χ1v) is 7.38. The monoisotopic (exact) mass is 293 g/mol. The van der Waals surface area contributed by atoms with Crippen LogP contribution in [0.5, 0.6) is 0 Å². The van der Waals surface area contributed by atoms with E-state index in [1.54, 1.807) is 12.1 Å². The molecular weight excluding hydrogens is 280 g/mol. The predicted octanol–water partition coefficient (Wildman–Crippen LogP) is 3.47. The largest absolute Gasteiger partial charge is 0.398 e. The van der Waals surface area contributed by atoms with Gasteiger partial charge in [0, 0.05) is 29.3 Å². The van der Waals surface area contributed by atoms with Gasteiger partial charge in [-0.15, -0.1) is 0 Å². The van der Waals surface area contributed by atoms with Gasteiger partial charge in [0.1, 0.15) is 0 Å². The van der Waals surface area contributed by atoms with E-state index in [1.165, 1.54) is 6.07 Å². The molecule has 2 atom stereocenters. The molecule has 2 unspecified atom stereocenters. The SMILES string of the molecule is Nc1cc(Cl)ccc1S(=O)CC1CCC(F)(F)C1. The van der Waals surface area contributed by atoms with Crippen LogP contribution in [-0.4, -0.2) is 15.9 Å². The van der Waals surface area contributed by atoms with Gasteiger partial charge in [0.25, 0.3) is 0 Å². The Hall–Kier alpha value is -0.680. The van der Waals surface area contributed by atoms with Crippen molar-refractivity contribution in [2.24, 2.45) is 5.92 Å². The number of anilines is 1. The molecule has 2 N–H and O–H groups in total. The fourth-order valence-electron chi connectivity index (χ4n) is 2.21. The average molecular weight is 294 g/mol. The third kappa shape index (κ3) is 3.20. The molecule has 0 heterocycles. The van der Waals surface area contributed by atoms with E-state index in [4.69, 9.17) is 17.3 Å². The Morgan fingerprint density at radius 1 is 1.50 bits per heavy atom. The van der Waals surface area contributed by atoms with Crippen LogP contribution in [-0.2, 0) is 10.8 Å². The van der Waals surface area contributed by atoms with E-state index in [9.17, 15) is 13.0 Å². The second-order valence-corrected chi connectivity index (χ2v) is 6.56. The van der Waals surface area contributed by atoms with Gasteiger partial charge in [-0.1, -0.05) is 11.6 Å². The van der Waals surface area contributed by atoms with E-state index in [1.807, 2.05) is 0 Å². The molecule has 0 amide bonds. The number of hydrogen-bond donors (Lipinski definition) is 1. The summed E-state index contributed by atoms with van der Waals surface area (Å²) in [4.78, 5) is 0.481. The summed E-state index contributed by atoms with van der Waals surface area (Å²) >= 11 is 5.75. The summed E-state index contributed by atoms with van der Waals surface area (Å²) in [5.74, 6) is -2.56. The van der Waals surface area contributed by atoms with Crippen molar-refractivity contribution in [1.82, 2.24) is 0 Å². The summed E-state index contributed by atoms with van der Waals surface area (Å²) in [6, 6.07) is 4.73. The molecule has 1 aliphatic carbocycles. The van der Waals surface area contributed by atoms with Crippen LogP contribution in [0.2, 0.25) is 5.02 Å². The normalized spacial score (nSPS) is 24.1. The van der Waals surface area contributed by atoms with Crippen LogP contribution in [0.4, 0.5) is 14.5 Å². The van der Waals surface area contributed by atoms with Crippen molar-refractivity contribution >= 4 is 28.1 Å². The van der Waals surface area contributed by atoms with Gasteiger partial charge in [0.05, 0.1) is 15.7 Å². The Labute approximate surface area is 112 Å². The lowest BCUT2D eigenvalue weighted by Crippen LogP contribution is -2.14. The minimum atomic E-state index is -2.60. The van der Waals surface area contributed by atoms with Crippen molar-refractivity contribution in [3.63, 3.8) is 0 Å². The smallest absolute Gasteiger partial charge is 0.248 e. The van der Waals surface area contributed by atoms with Gasteiger partial charge in [0.2, 0.25) is 5.92 Å². The van der Waals surface area contributed by atoms with E-state index < -0.39 is 16.7 Å². The molecule has 0 spiro atoms. The number of benzene rings is 1. The molecule has 0 saturated heterocycles. The zero-order valence-corrected chi connectivity index (χ0v) is 11.2. The van der Waals surface area contributed by atoms with Gasteiger partial charge in [-0.05, 0) is 30.5 Å². The van der Waals surface area contributed by atoms with E-state index in [0.717, 1.165) is 0 Å². The maximum atomic E-state index is 13.0. The predicted molar refractivity (Wildman–Crippen MR) is 69.4 cm³/mol. The Balaban J connectivity index is 2.04. The zero-order valence-electron chi connectivity index (χ0n) is 9.67. The van der Waals surface area contributed by atoms with Crippen molar-refractivity contribution in [3.8, 4) is 0 Å². The van der Waals surface area contributed by atoms with Crippen LogP contribution in [0.15, 0.2) is 23.1 Å². The summed E-state index contributed by atoms with van der Waals surface area (Å²) in [5.41, 5.74) is 6.08. The third-order valence-electron chi connectivity index (χ3n) is 3.11. The van der Waals surface area contributed by atoms with E-state index in [0.29, 0.717) is 22.0 Å². The zero-order chi connectivity index (χ0) is 13.3. The first kappa shape index (κ1) is 13.7. The van der Waals surface area contributed by atoms with Gasteiger partial charge in [-0.3, -0.25) is 4.21 Å². The van der Waals surface area contributed by atoms with Crippen LogP contribution < -0.4 is 5.73 Å². The van der Waals surface area contributed by atoms with Crippen LogP contribution in [0.25, 0.3) is 0 Å². The number of nitrogen functional groups attached to an aromatic ring is 1.